The van der Waals surface area contributed by atoms with E-state index in [2.05, 4.69) is 10.6 Å². The average Bonchev–Trinajstić information content (AvgIpc) is 3.17. The Labute approximate surface area is 349 Å². The monoisotopic (exact) mass is 875 g/mol. The fourth-order valence-corrected chi connectivity index (χ4v) is 6.82. The first-order valence-corrected chi connectivity index (χ1v) is 20.8. The number of amides is 2. The lowest BCUT2D eigenvalue weighted by molar-refractivity contribution is -0.116. The molecule has 0 saturated carbocycles. The third-order valence-electron chi connectivity index (χ3n) is 7.86. The van der Waals surface area contributed by atoms with Crippen molar-refractivity contribution < 1.29 is 40.3 Å². The molecule has 0 atom stereocenters. The molecule has 0 unspecified atom stereocenters. The molecule has 0 aliphatic rings. The van der Waals surface area contributed by atoms with Crippen molar-refractivity contribution in [2.24, 2.45) is 10.3 Å². The van der Waals surface area contributed by atoms with Crippen molar-refractivity contribution >= 4 is 66.4 Å². The molecule has 6 aromatic rings. The van der Waals surface area contributed by atoms with E-state index < -0.39 is 31.8 Å². The third-order valence-corrected chi connectivity index (χ3v) is 10.2. The van der Waals surface area contributed by atoms with Crippen LogP contribution in [0.5, 0.6) is 23.0 Å². The predicted octanol–water partition coefficient (Wildman–Crippen LogP) is 7.93. The van der Waals surface area contributed by atoms with Gasteiger partial charge in [0, 0.05) is 21.4 Å². The van der Waals surface area contributed by atoms with Gasteiger partial charge in [-0.2, -0.15) is 5.26 Å². The minimum atomic E-state index is -4.13. The number of ether oxygens (including phenoxy) is 2. The maximum atomic E-state index is 13.0. The topological polar surface area (TPSA) is 221 Å². The zero-order chi connectivity index (χ0) is 42.7. The smallest absolute Gasteiger partial charge is 0.241 e. The van der Waals surface area contributed by atoms with Gasteiger partial charge in [-0.15, -0.1) is 0 Å². The number of nitrogens with zero attached hydrogens (tertiary/aromatic N) is 1. The molecule has 0 aliphatic carbocycles. The van der Waals surface area contributed by atoms with Crippen molar-refractivity contribution in [2.75, 3.05) is 10.6 Å². The Morgan fingerprint density at radius 3 is 1.54 bits per heavy atom. The summed E-state index contributed by atoms with van der Waals surface area (Å²) in [6.07, 6.45) is 0.0468. The number of nitrogens with one attached hydrogen (secondary N) is 2. The normalized spacial score (nSPS) is 11.0. The molecule has 6 N–H and O–H groups in total. The molecule has 6 aromatic carbocycles. The Kier molecular flexibility index (Phi) is 14.4. The van der Waals surface area contributed by atoms with Crippen molar-refractivity contribution in [3.8, 4) is 29.1 Å². The third kappa shape index (κ3) is 13.4. The van der Waals surface area contributed by atoms with E-state index in [1.54, 1.807) is 66.7 Å². The van der Waals surface area contributed by atoms with Crippen LogP contribution >= 0.6 is 23.2 Å². The van der Waals surface area contributed by atoms with Crippen molar-refractivity contribution in [1.82, 2.24) is 0 Å². The van der Waals surface area contributed by atoms with Crippen LogP contribution in [0.4, 0.5) is 15.8 Å². The molecule has 0 aromatic heterocycles. The summed E-state index contributed by atoms with van der Waals surface area (Å²) in [5, 5.41) is 25.6. The highest BCUT2D eigenvalue weighted by molar-refractivity contribution is 7.89. The van der Waals surface area contributed by atoms with E-state index in [-0.39, 0.29) is 51.4 Å². The number of hydrogen-bond acceptors (Lipinski definition) is 9. The number of nitrogens with two attached hydrogens (primary N) is 2. The number of sulfonamides is 2. The van der Waals surface area contributed by atoms with E-state index in [9.17, 15) is 30.8 Å². The van der Waals surface area contributed by atoms with Crippen LogP contribution in [0, 0.1) is 17.1 Å². The Balaban J connectivity index is 0.000000224. The van der Waals surface area contributed by atoms with Gasteiger partial charge in [0.2, 0.25) is 31.9 Å². The lowest BCUT2D eigenvalue weighted by atomic mass is 10.1. The van der Waals surface area contributed by atoms with Gasteiger partial charge in [0.05, 0.1) is 24.5 Å². The summed E-state index contributed by atoms with van der Waals surface area (Å²) in [6.45, 7) is 0. The summed E-state index contributed by atoms with van der Waals surface area (Å²) in [5.41, 5.74) is 2.28. The minimum Gasteiger partial charge on any atom is -0.456 e. The molecular formula is C41H32Cl2FN5O8S2. The van der Waals surface area contributed by atoms with Gasteiger partial charge < -0.3 is 20.1 Å². The van der Waals surface area contributed by atoms with Gasteiger partial charge in [-0.05, 0) is 114 Å². The van der Waals surface area contributed by atoms with Gasteiger partial charge in [-0.25, -0.2) is 31.5 Å². The second-order valence-corrected chi connectivity index (χ2v) is 16.3. The van der Waals surface area contributed by atoms with E-state index in [4.69, 9.17) is 48.2 Å². The van der Waals surface area contributed by atoms with Crippen LogP contribution in [-0.4, -0.2) is 28.6 Å². The highest BCUT2D eigenvalue weighted by Gasteiger charge is 2.20. The molecule has 2 amide bonds. The van der Waals surface area contributed by atoms with Crippen molar-refractivity contribution in [1.29, 1.82) is 5.26 Å². The molecule has 0 heterocycles. The largest absolute Gasteiger partial charge is 0.456 e. The molecule has 18 heteroatoms. The summed E-state index contributed by atoms with van der Waals surface area (Å²) in [5.74, 6) is -0.441. The number of anilines is 2. The molecule has 59 heavy (non-hydrogen) atoms. The zero-order valence-corrected chi connectivity index (χ0v) is 33.6. The number of rotatable bonds is 12. The number of halogens is 3. The molecular weight excluding hydrogens is 845 g/mol. The summed E-state index contributed by atoms with van der Waals surface area (Å²) >= 11 is 11.7. The Morgan fingerprint density at radius 2 is 1.08 bits per heavy atom. The van der Waals surface area contributed by atoms with Gasteiger partial charge in [-0.1, -0.05) is 53.5 Å². The van der Waals surface area contributed by atoms with Gasteiger partial charge in [0.1, 0.15) is 38.6 Å². The SMILES string of the molecule is N#Cc1ccc(CC(=O)Nc2ccc(Oc3cccc(Cl)c3)c(S(N)(=O)=O)c2)cc1.NS(=O)(=O)c1cc(NC(=O)Cc2ccc(F)cc2)ccc1Oc1ccc(Cl)cc1. The first-order chi connectivity index (χ1) is 27.9. The molecule has 13 nitrogen and oxygen atoms in total. The molecule has 6 rings (SSSR count). The van der Waals surface area contributed by atoms with Crippen molar-refractivity contribution in [3.63, 3.8) is 0 Å². The van der Waals surface area contributed by atoms with Crippen LogP contribution in [0.1, 0.15) is 16.7 Å². The van der Waals surface area contributed by atoms with Gasteiger partial charge >= 0.3 is 0 Å². The first-order valence-electron chi connectivity index (χ1n) is 17.0. The molecule has 0 bridgehead atoms. The molecule has 0 aliphatic heterocycles. The Bertz CT molecular complexity index is 2750. The van der Waals surface area contributed by atoms with E-state index in [0.717, 1.165) is 0 Å². The highest BCUT2D eigenvalue weighted by Crippen LogP contribution is 2.33. The Hall–Kier alpha value is -6.32. The molecule has 0 fully saturated rings. The van der Waals surface area contributed by atoms with Crippen LogP contribution < -0.4 is 30.4 Å². The van der Waals surface area contributed by atoms with Crippen LogP contribution in [0.15, 0.2) is 143 Å². The van der Waals surface area contributed by atoms with Crippen molar-refractivity contribution in [2.45, 2.75) is 22.6 Å². The number of hydrogen-bond donors (Lipinski definition) is 4. The second kappa shape index (κ2) is 19.4. The molecule has 302 valence electrons. The summed E-state index contributed by atoms with van der Waals surface area (Å²) in [4.78, 5) is 24.0. The number of primary sulfonamides is 2. The average molecular weight is 877 g/mol. The van der Waals surface area contributed by atoms with Crippen LogP contribution in [0.2, 0.25) is 10.0 Å². The van der Waals surface area contributed by atoms with Crippen molar-refractivity contribution in [3.05, 3.63) is 166 Å². The van der Waals surface area contributed by atoms with E-state index in [0.29, 0.717) is 38.2 Å². The lowest BCUT2D eigenvalue weighted by Gasteiger charge is -2.13. The molecule has 0 spiro atoms. The van der Waals surface area contributed by atoms with E-state index >= 15 is 0 Å². The minimum absolute atomic E-state index is 0.00450. The summed E-state index contributed by atoms with van der Waals surface area (Å²) in [7, 11) is -8.26. The summed E-state index contributed by atoms with van der Waals surface area (Å²) in [6, 6.07) is 35.1. The molecule has 0 radical (unpaired) electrons. The number of carbonyl (C=O) groups excluding carboxylic acids is 2. The maximum absolute atomic E-state index is 13.0. The second-order valence-electron chi connectivity index (χ2n) is 12.4. The predicted molar refractivity (Wildman–Crippen MR) is 221 cm³/mol. The van der Waals surface area contributed by atoms with Crippen LogP contribution in [0.3, 0.4) is 0 Å². The lowest BCUT2D eigenvalue weighted by Crippen LogP contribution is -2.17. The highest BCUT2D eigenvalue weighted by atomic mass is 35.5. The van der Waals surface area contributed by atoms with Gasteiger partial charge in [0.15, 0.2) is 0 Å². The first kappa shape index (κ1) is 43.8. The van der Waals surface area contributed by atoms with E-state index in [1.165, 1.54) is 66.7 Å². The number of nitriles is 1. The quantitative estimate of drug-likeness (QED) is 0.0936. The van der Waals surface area contributed by atoms with Crippen LogP contribution in [-0.2, 0) is 42.5 Å². The summed E-state index contributed by atoms with van der Waals surface area (Å²) < 4.78 is 72.2. The number of benzene rings is 6. The van der Waals surface area contributed by atoms with E-state index in [1.807, 2.05) is 6.07 Å². The fraction of sp³-hybridized carbons (Fsp3) is 0.0488. The number of carbonyl (C=O) groups is 2. The van der Waals surface area contributed by atoms with Gasteiger partial charge in [0.25, 0.3) is 0 Å². The maximum Gasteiger partial charge on any atom is 0.241 e. The van der Waals surface area contributed by atoms with Gasteiger partial charge in [-0.3, -0.25) is 9.59 Å². The van der Waals surface area contributed by atoms with Crippen LogP contribution in [0.25, 0.3) is 0 Å². The zero-order valence-electron chi connectivity index (χ0n) is 30.4. The standard InChI is InChI=1S/C21H16ClN3O4S.C20H16ClFN2O4S/c22-16-2-1-3-18(11-16)29-19-9-8-17(12-20(19)30(24,27)28)25-21(26)10-14-4-6-15(13-23)7-5-14;21-14-3-8-17(9-4-14)28-18-10-7-16(12-19(18)29(23,26)27)24-20(25)11-13-1-5-15(22)6-2-13/h1-9,11-12H,10H2,(H,25,26)(H2,24,27,28);1-10,12H,11H2,(H,24,25)(H2,23,26,27). The fourth-order valence-electron chi connectivity index (χ4n) is 5.15. The molecule has 0 saturated heterocycles. The Morgan fingerprint density at radius 1 is 0.610 bits per heavy atom.